The first kappa shape index (κ1) is 23.8. The molecule has 1 aromatic carbocycles. The number of amides is 3. The summed E-state index contributed by atoms with van der Waals surface area (Å²) >= 11 is 0. The van der Waals surface area contributed by atoms with Crippen LogP contribution in [0.2, 0.25) is 0 Å². The van der Waals surface area contributed by atoms with E-state index in [4.69, 9.17) is 5.10 Å². The first-order chi connectivity index (χ1) is 15.2. The molecule has 7 nitrogen and oxygen atoms in total. The van der Waals surface area contributed by atoms with Crippen molar-refractivity contribution in [1.82, 2.24) is 20.0 Å². The lowest BCUT2D eigenvalue weighted by molar-refractivity contribution is -0.116. The molecule has 7 heteroatoms. The lowest BCUT2D eigenvalue weighted by Crippen LogP contribution is -2.48. The van der Waals surface area contributed by atoms with E-state index < -0.39 is 0 Å². The molecule has 0 atom stereocenters. The van der Waals surface area contributed by atoms with E-state index in [9.17, 15) is 9.59 Å². The van der Waals surface area contributed by atoms with Crippen molar-refractivity contribution in [2.45, 2.75) is 78.2 Å². The zero-order valence-corrected chi connectivity index (χ0v) is 20.1. The van der Waals surface area contributed by atoms with Gasteiger partial charge in [0.25, 0.3) is 0 Å². The second-order valence-corrected chi connectivity index (χ2v) is 9.76. The standard InChI is InChI=1S/C25H37N5O2/c1-6-29(24(32)26-19-10-8-7-9-11-19)17-23(31)27-22-16-21(25(3,4)5)28-30(22)20-14-12-18(2)13-15-20/h12-16,19H,6-11,17H2,1-5H3,(H,26,32)(H,27,31). The SMILES string of the molecule is CCN(CC(=O)Nc1cc(C(C)(C)C)nn1-c1ccc(C)cc1)C(=O)NC1CCCCC1. The van der Waals surface area contributed by atoms with E-state index in [1.807, 2.05) is 44.2 Å². The van der Waals surface area contributed by atoms with Crippen molar-refractivity contribution in [3.8, 4) is 5.69 Å². The highest BCUT2D eigenvalue weighted by Gasteiger charge is 2.24. The molecule has 3 amide bonds. The number of urea groups is 1. The van der Waals surface area contributed by atoms with E-state index >= 15 is 0 Å². The third kappa shape index (κ3) is 6.11. The molecule has 1 aromatic heterocycles. The van der Waals surface area contributed by atoms with Crippen molar-refractivity contribution in [3.63, 3.8) is 0 Å². The van der Waals surface area contributed by atoms with Crippen molar-refractivity contribution in [2.75, 3.05) is 18.4 Å². The number of carbonyl (C=O) groups is 2. The molecule has 0 bridgehead atoms. The average molecular weight is 440 g/mol. The maximum absolute atomic E-state index is 12.9. The van der Waals surface area contributed by atoms with Crippen molar-refractivity contribution in [1.29, 1.82) is 0 Å². The molecule has 0 unspecified atom stereocenters. The Balaban J connectivity index is 1.73. The second kappa shape index (κ2) is 10.2. The van der Waals surface area contributed by atoms with Gasteiger partial charge in [-0.1, -0.05) is 57.7 Å². The minimum atomic E-state index is -0.237. The van der Waals surface area contributed by atoms with Crippen molar-refractivity contribution >= 4 is 17.8 Å². The summed E-state index contributed by atoms with van der Waals surface area (Å²) in [6.45, 7) is 10.7. The molecule has 1 saturated carbocycles. The van der Waals surface area contributed by atoms with Gasteiger partial charge in [0.1, 0.15) is 12.4 Å². The molecule has 1 fully saturated rings. The number of nitrogens with one attached hydrogen (secondary N) is 2. The number of likely N-dealkylation sites (N-methyl/N-ethyl adjacent to an activating group) is 1. The third-order valence-corrected chi connectivity index (χ3v) is 5.96. The van der Waals surface area contributed by atoms with Crippen molar-refractivity contribution in [3.05, 3.63) is 41.6 Å². The Morgan fingerprint density at radius 3 is 2.38 bits per heavy atom. The number of benzene rings is 1. The van der Waals surface area contributed by atoms with Crippen LogP contribution in [0.3, 0.4) is 0 Å². The summed E-state index contributed by atoms with van der Waals surface area (Å²) < 4.78 is 1.76. The number of rotatable bonds is 6. The van der Waals surface area contributed by atoms with Crippen LogP contribution in [0.5, 0.6) is 0 Å². The van der Waals surface area contributed by atoms with Gasteiger partial charge in [0, 0.05) is 24.1 Å². The summed E-state index contributed by atoms with van der Waals surface area (Å²) in [5.41, 5.74) is 2.76. The van der Waals surface area contributed by atoms with Crippen LogP contribution in [0.1, 0.15) is 71.1 Å². The van der Waals surface area contributed by atoms with Crippen LogP contribution in [-0.4, -0.2) is 45.8 Å². The monoisotopic (exact) mass is 439 g/mol. The van der Waals surface area contributed by atoms with Gasteiger partial charge < -0.3 is 15.5 Å². The number of anilines is 1. The fourth-order valence-electron chi connectivity index (χ4n) is 3.92. The Morgan fingerprint density at radius 2 is 1.78 bits per heavy atom. The number of aromatic nitrogens is 2. The van der Waals surface area contributed by atoms with E-state index in [2.05, 4.69) is 31.4 Å². The van der Waals surface area contributed by atoms with Crippen molar-refractivity contribution in [2.24, 2.45) is 0 Å². The molecule has 0 radical (unpaired) electrons. The topological polar surface area (TPSA) is 79.3 Å². The van der Waals surface area contributed by atoms with E-state index in [0.29, 0.717) is 12.4 Å². The average Bonchev–Trinajstić information content (AvgIpc) is 3.17. The van der Waals surface area contributed by atoms with Crippen LogP contribution in [0, 0.1) is 6.92 Å². The summed E-state index contributed by atoms with van der Waals surface area (Å²) in [7, 11) is 0. The van der Waals surface area contributed by atoms with Gasteiger partial charge in [-0.2, -0.15) is 5.10 Å². The minimum absolute atomic E-state index is 0.00101. The zero-order valence-electron chi connectivity index (χ0n) is 20.1. The molecule has 2 N–H and O–H groups in total. The Labute approximate surface area is 191 Å². The normalized spacial score (nSPS) is 14.8. The van der Waals surface area contributed by atoms with Gasteiger partial charge in [0.05, 0.1) is 11.4 Å². The summed E-state index contributed by atoms with van der Waals surface area (Å²) in [4.78, 5) is 27.2. The second-order valence-electron chi connectivity index (χ2n) is 9.76. The third-order valence-electron chi connectivity index (χ3n) is 5.96. The molecule has 174 valence electrons. The number of hydrogen-bond donors (Lipinski definition) is 2. The zero-order chi connectivity index (χ0) is 23.3. The Bertz CT molecular complexity index is 921. The fourth-order valence-corrected chi connectivity index (χ4v) is 3.92. The largest absolute Gasteiger partial charge is 0.335 e. The van der Waals surface area contributed by atoms with Crippen LogP contribution in [-0.2, 0) is 10.2 Å². The molecular formula is C25H37N5O2. The minimum Gasteiger partial charge on any atom is -0.335 e. The highest BCUT2D eigenvalue weighted by molar-refractivity contribution is 5.94. The summed E-state index contributed by atoms with van der Waals surface area (Å²) in [5.74, 6) is 0.367. The maximum Gasteiger partial charge on any atom is 0.318 e. The molecule has 2 aromatic rings. The highest BCUT2D eigenvalue weighted by Crippen LogP contribution is 2.26. The molecule has 0 spiro atoms. The van der Waals surface area contributed by atoms with Crippen LogP contribution < -0.4 is 10.6 Å². The first-order valence-corrected chi connectivity index (χ1v) is 11.7. The van der Waals surface area contributed by atoms with E-state index in [-0.39, 0.29) is 29.9 Å². The predicted molar refractivity (Wildman–Crippen MR) is 128 cm³/mol. The molecular weight excluding hydrogens is 402 g/mol. The van der Waals surface area contributed by atoms with Crippen LogP contribution in [0.15, 0.2) is 30.3 Å². The molecule has 1 heterocycles. The van der Waals surface area contributed by atoms with Crippen molar-refractivity contribution < 1.29 is 9.59 Å². The van der Waals surface area contributed by atoms with Crippen LogP contribution >= 0.6 is 0 Å². The lowest BCUT2D eigenvalue weighted by atomic mass is 9.92. The smallest absolute Gasteiger partial charge is 0.318 e. The number of carbonyl (C=O) groups excluding carboxylic acids is 2. The van der Waals surface area contributed by atoms with E-state index in [1.54, 1.807) is 9.58 Å². The molecule has 0 aliphatic heterocycles. The Morgan fingerprint density at radius 1 is 1.12 bits per heavy atom. The number of hydrogen-bond acceptors (Lipinski definition) is 3. The quantitative estimate of drug-likeness (QED) is 0.680. The molecule has 32 heavy (non-hydrogen) atoms. The van der Waals surface area contributed by atoms with Gasteiger partial charge in [0.2, 0.25) is 5.91 Å². The molecule has 1 aliphatic rings. The van der Waals surface area contributed by atoms with Crippen LogP contribution in [0.25, 0.3) is 5.69 Å². The lowest BCUT2D eigenvalue weighted by Gasteiger charge is -2.27. The van der Waals surface area contributed by atoms with E-state index in [0.717, 1.165) is 42.6 Å². The molecule has 1 aliphatic carbocycles. The van der Waals surface area contributed by atoms with Gasteiger partial charge in [0.15, 0.2) is 0 Å². The van der Waals surface area contributed by atoms with Gasteiger partial charge >= 0.3 is 6.03 Å². The number of nitrogens with zero attached hydrogens (tertiary/aromatic N) is 3. The first-order valence-electron chi connectivity index (χ1n) is 11.7. The predicted octanol–water partition coefficient (Wildman–Crippen LogP) is 4.78. The molecule has 0 saturated heterocycles. The van der Waals surface area contributed by atoms with Gasteiger partial charge in [-0.15, -0.1) is 0 Å². The van der Waals surface area contributed by atoms with Gasteiger partial charge in [-0.3, -0.25) is 4.79 Å². The Kier molecular flexibility index (Phi) is 7.59. The van der Waals surface area contributed by atoms with Crippen LogP contribution in [0.4, 0.5) is 10.6 Å². The van der Waals surface area contributed by atoms with Gasteiger partial charge in [-0.25, -0.2) is 9.48 Å². The summed E-state index contributed by atoms with van der Waals surface area (Å²) in [6.07, 6.45) is 5.56. The maximum atomic E-state index is 12.9. The fraction of sp³-hybridized carbons (Fsp3) is 0.560. The number of aryl methyl sites for hydroxylation is 1. The summed E-state index contributed by atoms with van der Waals surface area (Å²) in [6, 6.07) is 9.97. The highest BCUT2D eigenvalue weighted by atomic mass is 16.2. The Hall–Kier alpha value is -2.83. The summed E-state index contributed by atoms with van der Waals surface area (Å²) in [5, 5.41) is 10.8. The molecule has 3 rings (SSSR count). The van der Waals surface area contributed by atoms with Gasteiger partial charge in [-0.05, 0) is 38.8 Å². The van der Waals surface area contributed by atoms with E-state index in [1.165, 1.54) is 6.42 Å².